The molecule has 38 heavy (non-hydrogen) atoms. The maximum atomic E-state index is 13.8. The minimum Gasteiger partial charge on any atom is -0.478 e. The summed E-state index contributed by atoms with van der Waals surface area (Å²) < 4.78 is 0. The number of rotatable bonds is 8. The Balaban J connectivity index is 1.65. The molecule has 0 atom stereocenters. The van der Waals surface area contributed by atoms with Crippen LogP contribution < -0.4 is 9.80 Å². The fourth-order valence-electron chi connectivity index (χ4n) is 4.92. The molecule has 0 bridgehead atoms. The summed E-state index contributed by atoms with van der Waals surface area (Å²) in [6, 6.07) is 23.8. The smallest absolute Gasteiger partial charge is 0.328 e. The van der Waals surface area contributed by atoms with Gasteiger partial charge in [0.1, 0.15) is 0 Å². The number of carbonyl (C=O) groups is 2. The Kier molecular flexibility index (Phi) is 8.60. The van der Waals surface area contributed by atoms with Crippen LogP contribution in [0.4, 0.5) is 11.4 Å². The Labute approximate surface area is 224 Å². The zero-order valence-electron chi connectivity index (χ0n) is 21.9. The molecule has 6 heteroatoms. The van der Waals surface area contributed by atoms with Crippen LogP contribution >= 0.6 is 0 Å². The van der Waals surface area contributed by atoms with Gasteiger partial charge in [0.2, 0.25) is 5.91 Å². The second kappa shape index (κ2) is 12.2. The number of anilines is 2. The average molecular weight is 508 g/mol. The largest absolute Gasteiger partial charge is 0.478 e. The van der Waals surface area contributed by atoms with E-state index in [1.807, 2.05) is 26.2 Å². The molecule has 6 nitrogen and oxygen atoms in total. The van der Waals surface area contributed by atoms with Crippen LogP contribution in [0.3, 0.4) is 0 Å². The first kappa shape index (κ1) is 26.7. The summed E-state index contributed by atoms with van der Waals surface area (Å²) >= 11 is 0. The lowest BCUT2D eigenvalue weighted by Crippen LogP contribution is -2.36. The molecule has 3 aromatic carbocycles. The van der Waals surface area contributed by atoms with Crippen molar-refractivity contribution >= 4 is 29.3 Å². The van der Waals surface area contributed by atoms with Gasteiger partial charge in [-0.3, -0.25) is 4.79 Å². The zero-order chi connectivity index (χ0) is 27.1. The molecule has 0 aromatic heterocycles. The highest BCUT2D eigenvalue weighted by atomic mass is 16.4. The van der Waals surface area contributed by atoms with Gasteiger partial charge in [-0.05, 0) is 71.5 Å². The van der Waals surface area contributed by atoms with Gasteiger partial charge >= 0.3 is 5.97 Å². The number of carbonyl (C=O) groups excluding carboxylic acids is 1. The number of aliphatic carboxylic acids is 1. The minimum absolute atomic E-state index is 0.0521. The lowest BCUT2D eigenvalue weighted by molar-refractivity contribution is -0.131. The molecule has 0 aliphatic heterocycles. The summed E-state index contributed by atoms with van der Waals surface area (Å²) in [6.45, 7) is 0.367. The Bertz CT molecular complexity index is 1350. The molecule has 1 amide bonds. The van der Waals surface area contributed by atoms with Crippen molar-refractivity contribution in [1.82, 2.24) is 0 Å². The van der Waals surface area contributed by atoms with Gasteiger partial charge in [0, 0.05) is 37.5 Å². The van der Waals surface area contributed by atoms with Crippen LogP contribution in [0.2, 0.25) is 0 Å². The Hall–Kier alpha value is -4.37. The highest BCUT2D eigenvalue weighted by Crippen LogP contribution is 2.31. The number of carboxylic acid groups (broad SMARTS) is 1. The van der Waals surface area contributed by atoms with Crippen LogP contribution in [-0.4, -0.2) is 31.1 Å². The van der Waals surface area contributed by atoms with Crippen molar-refractivity contribution in [3.8, 4) is 17.2 Å². The predicted octanol–water partition coefficient (Wildman–Crippen LogP) is 6.50. The normalized spacial score (nSPS) is 13.7. The Morgan fingerprint density at radius 2 is 1.55 bits per heavy atom. The van der Waals surface area contributed by atoms with Crippen molar-refractivity contribution in [2.24, 2.45) is 5.92 Å². The van der Waals surface area contributed by atoms with E-state index in [-0.39, 0.29) is 11.8 Å². The van der Waals surface area contributed by atoms with E-state index >= 15 is 0 Å². The third-order valence-electron chi connectivity index (χ3n) is 7.03. The van der Waals surface area contributed by atoms with Crippen LogP contribution in [-0.2, 0) is 16.1 Å². The topological polar surface area (TPSA) is 84.6 Å². The fraction of sp³-hybridized carbons (Fsp3) is 0.281. The second-order valence-electron chi connectivity index (χ2n) is 9.99. The number of nitrogens with zero attached hydrogens (tertiary/aromatic N) is 3. The van der Waals surface area contributed by atoms with E-state index in [1.165, 1.54) is 6.08 Å². The van der Waals surface area contributed by atoms with Crippen LogP contribution in [0.15, 0.2) is 72.8 Å². The van der Waals surface area contributed by atoms with Gasteiger partial charge in [0.15, 0.2) is 0 Å². The summed E-state index contributed by atoms with van der Waals surface area (Å²) in [5.74, 6) is -1.07. The standard InChI is InChI=1S/C32H33N3O3/c1-34(2)29-15-13-27(14-16-29)26-11-8-23(9-12-26)22-35(32(38)28-6-4-3-5-7-28)30-19-24(10-17-31(36)37)18-25(20-30)21-33/h8-20,28H,3-7,22H2,1-2H3,(H,36,37). The van der Waals surface area contributed by atoms with Crippen molar-refractivity contribution in [1.29, 1.82) is 5.26 Å². The Morgan fingerprint density at radius 1 is 0.921 bits per heavy atom. The number of benzene rings is 3. The molecule has 1 aliphatic carbocycles. The molecule has 1 fully saturated rings. The van der Waals surface area contributed by atoms with Gasteiger partial charge in [0.25, 0.3) is 0 Å². The summed E-state index contributed by atoms with van der Waals surface area (Å²) in [4.78, 5) is 28.7. The van der Waals surface area contributed by atoms with Crippen LogP contribution in [0.25, 0.3) is 17.2 Å². The lowest BCUT2D eigenvalue weighted by Gasteiger charge is -2.30. The molecule has 4 rings (SSSR count). The van der Waals surface area contributed by atoms with Gasteiger partial charge in [-0.25, -0.2) is 4.79 Å². The van der Waals surface area contributed by atoms with Gasteiger partial charge < -0.3 is 14.9 Å². The van der Waals surface area contributed by atoms with Gasteiger partial charge in [-0.1, -0.05) is 55.7 Å². The van der Waals surface area contributed by atoms with Crippen molar-refractivity contribution in [3.63, 3.8) is 0 Å². The molecule has 1 N–H and O–H groups in total. The van der Waals surface area contributed by atoms with E-state index in [2.05, 4.69) is 47.4 Å². The van der Waals surface area contributed by atoms with Crippen molar-refractivity contribution in [2.75, 3.05) is 23.9 Å². The molecular weight excluding hydrogens is 474 g/mol. The van der Waals surface area contributed by atoms with E-state index in [4.69, 9.17) is 5.11 Å². The van der Waals surface area contributed by atoms with Crippen LogP contribution in [0.5, 0.6) is 0 Å². The van der Waals surface area contributed by atoms with Gasteiger partial charge in [-0.15, -0.1) is 0 Å². The van der Waals surface area contributed by atoms with Gasteiger partial charge in [-0.2, -0.15) is 5.26 Å². The van der Waals surface area contributed by atoms with E-state index in [1.54, 1.807) is 23.1 Å². The molecular formula is C32H33N3O3. The number of hydrogen-bond acceptors (Lipinski definition) is 4. The summed E-state index contributed by atoms with van der Waals surface area (Å²) in [7, 11) is 4.03. The third kappa shape index (κ3) is 6.68. The number of hydrogen-bond donors (Lipinski definition) is 1. The van der Waals surface area contributed by atoms with E-state index in [0.29, 0.717) is 23.4 Å². The highest BCUT2D eigenvalue weighted by molar-refractivity contribution is 5.96. The quantitative estimate of drug-likeness (QED) is 0.352. The average Bonchev–Trinajstić information content (AvgIpc) is 2.95. The molecule has 0 heterocycles. The van der Waals surface area contributed by atoms with E-state index in [9.17, 15) is 14.9 Å². The van der Waals surface area contributed by atoms with Gasteiger partial charge in [0.05, 0.1) is 18.2 Å². The second-order valence-corrected chi connectivity index (χ2v) is 9.99. The fourth-order valence-corrected chi connectivity index (χ4v) is 4.92. The predicted molar refractivity (Wildman–Crippen MR) is 152 cm³/mol. The highest BCUT2D eigenvalue weighted by Gasteiger charge is 2.27. The van der Waals surface area contributed by atoms with Crippen molar-refractivity contribution in [3.05, 3.63) is 89.5 Å². The number of carboxylic acids is 1. The molecule has 3 aromatic rings. The molecule has 0 radical (unpaired) electrons. The molecule has 0 unspecified atom stereocenters. The zero-order valence-corrected chi connectivity index (χ0v) is 21.9. The van der Waals surface area contributed by atoms with Crippen LogP contribution in [0.1, 0.15) is 48.8 Å². The molecule has 1 saturated carbocycles. The monoisotopic (exact) mass is 507 g/mol. The minimum atomic E-state index is -1.07. The lowest BCUT2D eigenvalue weighted by atomic mass is 9.88. The van der Waals surface area contributed by atoms with Crippen molar-refractivity contribution in [2.45, 2.75) is 38.6 Å². The summed E-state index contributed by atoms with van der Waals surface area (Å²) in [5, 5.41) is 18.7. The molecule has 0 spiro atoms. The first-order valence-corrected chi connectivity index (χ1v) is 13.0. The van der Waals surface area contributed by atoms with Crippen LogP contribution in [0, 0.1) is 17.2 Å². The first-order chi connectivity index (χ1) is 18.3. The van der Waals surface area contributed by atoms with Crippen molar-refractivity contribution < 1.29 is 14.7 Å². The van der Waals surface area contributed by atoms with E-state index < -0.39 is 5.97 Å². The molecule has 1 aliphatic rings. The summed E-state index contributed by atoms with van der Waals surface area (Å²) in [6.07, 6.45) is 7.44. The molecule has 0 saturated heterocycles. The van der Waals surface area contributed by atoms with E-state index in [0.717, 1.165) is 60.6 Å². The maximum Gasteiger partial charge on any atom is 0.328 e. The summed E-state index contributed by atoms with van der Waals surface area (Å²) in [5.41, 5.74) is 5.88. The SMILES string of the molecule is CN(C)c1ccc(-c2ccc(CN(C(=O)C3CCCCC3)c3cc(C#N)cc(C=CC(=O)O)c3)cc2)cc1. The third-order valence-corrected chi connectivity index (χ3v) is 7.03. The number of amides is 1. The number of nitriles is 1. The maximum absolute atomic E-state index is 13.8. The Morgan fingerprint density at radius 3 is 2.13 bits per heavy atom. The molecule has 194 valence electrons. The first-order valence-electron chi connectivity index (χ1n) is 13.0.